The molecule has 5 nitrogen and oxygen atoms in total. The summed E-state index contributed by atoms with van der Waals surface area (Å²) in [6, 6.07) is 17.5. The first-order chi connectivity index (χ1) is 12.4. The van der Waals surface area contributed by atoms with E-state index in [1.165, 1.54) is 10.6 Å². The highest BCUT2D eigenvalue weighted by molar-refractivity contribution is 7.88. The van der Waals surface area contributed by atoms with Crippen molar-refractivity contribution in [3.8, 4) is 11.1 Å². The van der Waals surface area contributed by atoms with Crippen molar-refractivity contribution in [2.45, 2.75) is 12.8 Å². The fourth-order valence-corrected chi connectivity index (χ4v) is 4.22. The van der Waals surface area contributed by atoms with Gasteiger partial charge in [0, 0.05) is 25.2 Å². The van der Waals surface area contributed by atoms with Gasteiger partial charge >= 0.3 is 0 Å². The third kappa shape index (κ3) is 4.71. The number of sulfonamides is 1. The van der Waals surface area contributed by atoms with Crippen LogP contribution in [0.4, 0.5) is 0 Å². The molecule has 0 spiro atoms. The number of amides is 1. The maximum Gasteiger partial charge on any atom is 0.251 e. The molecule has 1 aliphatic heterocycles. The molecular formula is C20H24N2O3S. The number of piperidine rings is 1. The van der Waals surface area contributed by atoms with Gasteiger partial charge in [-0.3, -0.25) is 4.79 Å². The molecule has 1 amide bonds. The van der Waals surface area contributed by atoms with Crippen molar-refractivity contribution in [1.82, 2.24) is 9.62 Å². The summed E-state index contributed by atoms with van der Waals surface area (Å²) in [6.07, 6.45) is 3.00. The molecule has 0 saturated carbocycles. The number of rotatable bonds is 5. The summed E-state index contributed by atoms with van der Waals surface area (Å²) in [4.78, 5) is 12.4. The third-order valence-electron chi connectivity index (χ3n) is 4.76. The van der Waals surface area contributed by atoms with Crippen LogP contribution in [-0.2, 0) is 10.0 Å². The topological polar surface area (TPSA) is 66.5 Å². The van der Waals surface area contributed by atoms with Crippen molar-refractivity contribution >= 4 is 15.9 Å². The highest BCUT2D eigenvalue weighted by Gasteiger charge is 2.26. The van der Waals surface area contributed by atoms with Crippen LogP contribution in [0.5, 0.6) is 0 Å². The Hall–Kier alpha value is -2.18. The van der Waals surface area contributed by atoms with Gasteiger partial charge in [0.15, 0.2) is 0 Å². The smallest absolute Gasteiger partial charge is 0.251 e. The Labute approximate surface area is 155 Å². The van der Waals surface area contributed by atoms with Crippen LogP contribution in [0.25, 0.3) is 11.1 Å². The highest BCUT2D eigenvalue weighted by Crippen LogP contribution is 2.20. The lowest BCUT2D eigenvalue weighted by Crippen LogP contribution is -2.43. The molecule has 1 atom stereocenters. The molecule has 138 valence electrons. The van der Waals surface area contributed by atoms with Gasteiger partial charge in [0.05, 0.1) is 6.26 Å². The van der Waals surface area contributed by atoms with Crippen molar-refractivity contribution in [3.63, 3.8) is 0 Å². The Bertz CT molecular complexity index is 848. The van der Waals surface area contributed by atoms with Gasteiger partial charge in [-0.1, -0.05) is 42.5 Å². The van der Waals surface area contributed by atoms with E-state index in [2.05, 4.69) is 5.32 Å². The van der Waals surface area contributed by atoms with Gasteiger partial charge in [-0.15, -0.1) is 0 Å². The SMILES string of the molecule is CS(=O)(=O)N1CCC[C@H](CNC(=O)c2ccc(-c3ccccc3)cc2)C1. The average Bonchev–Trinajstić information content (AvgIpc) is 2.66. The van der Waals surface area contributed by atoms with Crippen LogP contribution in [0.3, 0.4) is 0 Å². The largest absolute Gasteiger partial charge is 0.352 e. The number of carbonyl (C=O) groups is 1. The van der Waals surface area contributed by atoms with E-state index in [0.717, 1.165) is 24.0 Å². The summed E-state index contributed by atoms with van der Waals surface area (Å²) < 4.78 is 24.9. The van der Waals surface area contributed by atoms with Crippen LogP contribution in [-0.4, -0.2) is 44.5 Å². The van der Waals surface area contributed by atoms with Crippen LogP contribution in [0.15, 0.2) is 54.6 Å². The molecule has 1 heterocycles. The molecular weight excluding hydrogens is 348 g/mol. The molecule has 1 saturated heterocycles. The lowest BCUT2D eigenvalue weighted by atomic mass is 9.99. The van der Waals surface area contributed by atoms with Gasteiger partial charge in [0.1, 0.15) is 0 Å². The van der Waals surface area contributed by atoms with E-state index in [9.17, 15) is 13.2 Å². The first-order valence-electron chi connectivity index (χ1n) is 8.82. The van der Waals surface area contributed by atoms with Crippen LogP contribution in [0.1, 0.15) is 23.2 Å². The fourth-order valence-electron chi connectivity index (χ4n) is 3.28. The number of benzene rings is 2. The van der Waals surface area contributed by atoms with Crippen molar-refractivity contribution < 1.29 is 13.2 Å². The normalized spacial score (nSPS) is 18.4. The average molecular weight is 372 g/mol. The molecule has 2 aromatic rings. The first kappa shape index (κ1) is 18.6. The summed E-state index contributed by atoms with van der Waals surface area (Å²) in [6.45, 7) is 1.54. The van der Waals surface area contributed by atoms with E-state index in [1.54, 1.807) is 0 Å². The molecule has 1 N–H and O–H groups in total. The van der Waals surface area contributed by atoms with Crippen LogP contribution in [0.2, 0.25) is 0 Å². The molecule has 3 rings (SSSR count). The first-order valence-corrected chi connectivity index (χ1v) is 10.7. The fraction of sp³-hybridized carbons (Fsp3) is 0.350. The zero-order valence-electron chi connectivity index (χ0n) is 14.9. The molecule has 1 fully saturated rings. The summed E-state index contributed by atoms with van der Waals surface area (Å²) in [7, 11) is -3.16. The molecule has 26 heavy (non-hydrogen) atoms. The molecule has 6 heteroatoms. The van der Waals surface area contributed by atoms with E-state index >= 15 is 0 Å². The molecule has 1 aliphatic rings. The Morgan fingerprint density at radius 3 is 2.38 bits per heavy atom. The second kappa shape index (κ2) is 8.01. The van der Waals surface area contributed by atoms with E-state index < -0.39 is 10.0 Å². The van der Waals surface area contributed by atoms with Crippen LogP contribution < -0.4 is 5.32 Å². The highest BCUT2D eigenvalue weighted by atomic mass is 32.2. The Kier molecular flexibility index (Phi) is 5.74. The predicted octanol–water partition coefficient (Wildman–Crippen LogP) is 2.76. The summed E-state index contributed by atoms with van der Waals surface area (Å²) in [5.74, 6) is 0.0344. The number of hydrogen-bond donors (Lipinski definition) is 1. The van der Waals surface area contributed by atoms with E-state index in [0.29, 0.717) is 25.2 Å². The minimum absolute atomic E-state index is 0.124. The summed E-state index contributed by atoms with van der Waals surface area (Å²) >= 11 is 0. The maximum atomic E-state index is 12.4. The third-order valence-corrected chi connectivity index (χ3v) is 6.03. The minimum atomic E-state index is -3.16. The standard InChI is InChI=1S/C20H24N2O3S/c1-26(24,25)22-13-5-6-16(15-22)14-21-20(23)19-11-9-18(10-12-19)17-7-3-2-4-8-17/h2-4,7-12,16H,5-6,13-15H2,1H3,(H,21,23)/t16-/m1/s1. The molecule has 2 aromatic carbocycles. The van der Waals surface area contributed by atoms with Gasteiger partial charge in [-0.25, -0.2) is 12.7 Å². The molecule has 0 radical (unpaired) electrons. The Morgan fingerprint density at radius 2 is 1.73 bits per heavy atom. The lowest BCUT2D eigenvalue weighted by molar-refractivity contribution is 0.0941. The zero-order valence-corrected chi connectivity index (χ0v) is 15.7. The number of nitrogens with one attached hydrogen (secondary N) is 1. The monoisotopic (exact) mass is 372 g/mol. The van der Waals surface area contributed by atoms with Crippen LogP contribution >= 0.6 is 0 Å². The lowest BCUT2D eigenvalue weighted by Gasteiger charge is -2.30. The molecule has 0 aromatic heterocycles. The molecule has 0 unspecified atom stereocenters. The van der Waals surface area contributed by atoms with Crippen molar-refractivity contribution in [2.75, 3.05) is 25.9 Å². The van der Waals surface area contributed by atoms with Crippen molar-refractivity contribution in [3.05, 3.63) is 60.2 Å². The molecule has 0 bridgehead atoms. The van der Waals surface area contributed by atoms with Crippen LogP contribution in [0, 0.1) is 5.92 Å². The summed E-state index contributed by atoms with van der Waals surface area (Å²) in [5.41, 5.74) is 2.79. The second-order valence-electron chi connectivity index (χ2n) is 6.78. The van der Waals surface area contributed by atoms with E-state index in [1.807, 2.05) is 54.6 Å². The predicted molar refractivity (Wildman–Crippen MR) is 103 cm³/mol. The van der Waals surface area contributed by atoms with Gasteiger partial charge in [0.2, 0.25) is 10.0 Å². The molecule has 0 aliphatic carbocycles. The number of carbonyl (C=O) groups excluding carboxylic acids is 1. The van der Waals surface area contributed by atoms with E-state index in [-0.39, 0.29) is 11.8 Å². The van der Waals surface area contributed by atoms with E-state index in [4.69, 9.17) is 0 Å². The van der Waals surface area contributed by atoms with Gasteiger partial charge in [-0.05, 0) is 42.0 Å². The Morgan fingerprint density at radius 1 is 1.08 bits per heavy atom. The number of nitrogens with zero attached hydrogens (tertiary/aromatic N) is 1. The summed E-state index contributed by atoms with van der Waals surface area (Å²) in [5, 5.41) is 2.94. The van der Waals surface area contributed by atoms with Gasteiger partial charge in [-0.2, -0.15) is 0 Å². The van der Waals surface area contributed by atoms with Crippen molar-refractivity contribution in [1.29, 1.82) is 0 Å². The van der Waals surface area contributed by atoms with Gasteiger partial charge < -0.3 is 5.32 Å². The van der Waals surface area contributed by atoms with Crippen molar-refractivity contribution in [2.24, 2.45) is 5.92 Å². The maximum absolute atomic E-state index is 12.4. The second-order valence-corrected chi connectivity index (χ2v) is 8.77. The Balaban J connectivity index is 1.57. The zero-order chi connectivity index (χ0) is 18.6. The minimum Gasteiger partial charge on any atom is -0.352 e. The quantitative estimate of drug-likeness (QED) is 0.878. The van der Waals surface area contributed by atoms with Gasteiger partial charge in [0.25, 0.3) is 5.91 Å². The number of hydrogen-bond acceptors (Lipinski definition) is 3.